The van der Waals surface area contributed by atoms with Crippen LogP contribution in [-0.4, -0.2) is 35.2 Å². The van der Waals surface area contributed by atoms with E-state index in [1.165, 1.54) is 6.07 Å². The molecule has 0 unspecified atom stereocenters. The molecule has 0 aliphatic heterocycles. The van der Waals surface area contributed by atoms with Crippen molar-refractivity contribution in [3.63, 3.8) is 0 Å². The molecule has 4 aromatic rings. The van der Waals surface area contributed by atoms with Gasteiger partial charge in [-0.3, -0.25) is 0 Å². The average molecular weight is 370 g/mol. The zero-order valence-corrected chi connectivity index (χ0v) is 15.2. The Kier molecular flexibility index (Phi) is 3.69. The van der Waals surface area contributed by atoms with E-state index in [9.17, 15) is 9.90 Å². The molecule has 0 bridgehead atoms. The standard InChI is InChI=1S/C18H16ClN5O2/c1-9-21-16-14(23(9)3)7-4-11(15(16)19)8-24-10(2)20-12-5-6-13(18(25)26)22-17(12)24/h4-7H,8H2,1-3H3,(H,25,26). The van der Waals surface area contributed by atoms with Gasteiger partial charge in [-0.2, -0.15) is 0 Å². The summed E-state index contributed by atoms with van der Waals surface area (Å²) < 4.78 is 3.86. The van der Waals surface area contributed by atoms with Crippen LogP contribution in [0.3, 0.4) is 0 Å². The average Bonchev–Trinajstić information content (AvgIpc) is 3.07. The van der Waals surface area contributed by atoms with Crippen molar-refractivity contribution in [1.29, 1.82) is 0 Å². The number of fused-ring (bicyclic) bond motifs is 2. The highest BCUT2D eigenvalue weighted by atomic mass is 35.5. The molecule has 26 heavy (non-hydrogen) atoms. The molecule has 0 aliphatic rings. The molecule has 0 radical (unpaired) electrons. The zero-order valence-electron chi connectivity index (χ0n) is 14.5. The Morgan fingerprint density at radius 3 is 2.62 bits per heavy atom. The van der Waals surface area contributed by atoms with Crippen molar-refractivity contribution in [3.8, 4) is 0 Å². The summed E-state index contributed by atoms with van der Waals surface area (Å²) in [5, 5.41) is 9.78. The second-order valence-electron chi connectivity index (χ2n) is 6.21. The molecule has 0 spiro atoms. The molecule has 0 atom stereocenters. The number of nitrogens with zero attached hydrogens (tertiary/aromatic N) is 5. The number of hydrogen-bond donors (Lipinski definition) is 1. The zero-order chi connectivity index (χ0) is 18.6. The number of hydrogen-bond acceptors (Lipinski definition) is 4. The van der Waals surface area contributed by atoms with E-state index in [0.29, 0.717) is 22.7 Å². The molecule has 7 nitrogen and oxygen atoms in total. The van der Waals surface area contributed by atoms with Crippen molar-refractivity contribution < 1.29 is 9.90 Å². The van der Waals surface area contributed by atoms with Crippen LogP contribution in [0.1, 0.15) is 27.7 Å². The first kappa shape index (κ1) is 16.5. The maximum Gasteiger partial charge on any atom is 0.354 e. The second-order valence-corrected chi connectivity index (χ2v) is 6.59. The second kappa shape index (κ2) is 5.81. The predicted molar refractivity (Wildman–Crippen MR) is 98.8 cm³/mol. The molecule has 0 saturated heterocycles. The Hall–Kier alpha value is -2.93. The summed E-state index contributed by atoms with van der Waals surface area (Å²) in [7, 11) is 1.95. The third-order valence-corrected chi connectivity index (χ3v) is 5.05. The van der Waals surface area contributed by atoms with E-state index in [0.717, 1.165) is 28.2 Å². The summed E-state index contributed by atoms with van der Waals surface area (Å²) >= 11 is 6.60. The van der Waals surface area contributed by atoms with Crippen molar-refractivity contribution >= 4 is 39.8 Å². The van der Waals surface area contributed by atoms with E-state index in [1.54, 1.807) is 6.07 Å². The molecule has 3 aromatic heterocycles. The van der Waals surface area contributed by atoms with Gasteiger partial charge in [0.15, 0.2) is 11.3 Å². The van der Waals surface area contributed by atoms with Crippen molar-refractivity contribution in [2.75, 3.05) is 0 Å². The third-order valence-electron chi connectivity index (χ3n) is 4.63. The van der Waals surface area contributed by atoms with Crippen molar-refractivity contribution in [1.82, 2.24) is 24.1 Å². The fourth-order valence-electron chi connectivity index (χ4n) is 3.10. The molecule has 0 saturated carbocycles. The number of imidazole rings is 2. The van der Waals surface area contributed by atoms with Crippen molar-refractivity contribution in [2.24, 2.45) is 7.05 Å². The number of pyridine rings is 1. The molecule has 4 rings (SSSR count). The lowest BCUT2D eigenvalue weighted by molar-refractivity contribution is 0.0691. The quantitative estimate of drug-likeness (QED) is 0.598. The molecule has 1 aromatic carbocycles. The minimum atomic E-state index is -1.07. The lowest BCUT2D eigenvalue weighted by atomic mass is 10.2. The first-order valence-corrected chi connectivity index (χ1v) is 8.42. The van der Waals surface area contributed by atoms with Crippen LogP contribution in [0.4, 0.5) is 0 Å². The summed E-state index contributed by atoms with van der Waals surface area (Å²) in [4.78, 5) is 24.5. The highest BCUT2D eigenvalue weighted by molar-refractivity contribution is 6.35. The minimum Gasteiger partial charge on any atom is -0.477 e. The molecule has 0 aliphatic carbocycles. The maximum absolute atomic E-state index is 11.2. The van der Waals surface area contributed by atoms with Gasteiger partial charge in [-0.1, -0.05) is 17.7 Å². The normalized spacial score (nSPS) is 11.5. The topological polar surface area (TPSA) is 85.8 Å². The fraction of sp³-hybridized carbons (Fsp3) is 0.222. The van der Waals surface area contributed by atoms with Crippen LogP contribution < -0.4 is 0 Å². The van der Waals surface area contributed by atoms with Gasteiger partial charge in [0.1, 0.15) is 22.7 Å². The maximum atomic E-state index is 11.2. The fourth-order valence-corrected chi connectivity index (χ4v) is 3.36. The lowest BCUT2D eigenvalue weighted by Gasteiger charge is -2.09. The predicted octanol–water partition coefficient (Wildman–Crippen LogP) is 3.33. The largest absolute Gasteiger partial charge is 0.477 e. The molecule has 8 heteroatoms. The Morgan fingerprint density at radius 2 is 1.88 bits per heavy atom. The molecular formula is C18H16ClN5O2. The number of halogens is 1. The number of carbonyl (C=O) groups is 1. The molecule has 0 amide bonds. The Morgan fingerprint density at radius 1 is 1.12 bits per heavy atom. The molecular weight excluding hydrogens is 354 g/mol. The van der Waals surface area contributed by atoms with Crippen LogP contribution in [0.2, 0.25) is 5.02 Å². The van der Waals surface area contributed by atoms with Crippen LogP contribution in [0.15, 0.2) is 24.3 Å². The van der Waals surface area contributed by atoms with Gasteiger partial charge in [-0.05, 0) is 37.6 Å². The SMILES string of the molecule is Cc1nc2c(Cl)c(Cn3c(C)nc4ccc(C(=O)O)nc43)ccc2n1C. The third kappa shape index (κ3) is 2.43. The number of aromatic nitrogens is 5. The van der Waals surface area contributed by atoms with E-state index in [2.05, 4.69) is 15.0 Å². The molecule has 132 valence electrons. The summed E-state index contributed by atoms with van der Waals surface area (Å²) in [6.07, 6.45) is 0. The highest BCUT2D eigenvalue weighted by Gasteiger charge is 2.16. The molecule has 0 fully saturated rings. The smallest absolute Gasteiger partial charge is 0.354 e. The van der Waals surface area contributed by atoms with Gasteiger partial charge < -0.3 is 14.2 Å². The van der Waals surface area contributed by atoms with Crippen LogP contribution in [0.5, 0.6) is 0 Å². The van der Waals surface area contributed by atoms with E-state index in [4.69, 9.17) is 11.6 Å². The minimum absolute atomic E-state index is 0.0134. The van der Waals surface area contributed by atoms with Crippen molar-refractivity contribution in [2.45, 2.75) is 20.4 Å². The van der Waals surface area contributed by atoms with Gasteiger partial charge in [0, 0.05) is 7.05 Å². The Bertz CT molecular complexity index is 1190. The van der Waals surface area contributed by atoms with Gasteiger partial charge in [-0.25, -0.2) is 19.7 Å². The Labute approximate surface area is 153 Å². The summed E-state index contributed by atoms with van der Waals surface area (Å²) in [5.41, 5.74) is 3.76. The van der Waals surface area contributed by atoms with E-state index in [1.807, 2.05) is 42.2 Å². The Balaban J connectivity index is 1.86. The number of aromatic carboxylic acids is 1. The van der Waals surface area contributed by atoms with Gasteiger partial charge >= 0.3 is 5.97 Å². The molecule has 3 heterocycles. The van der Waals surface area contributed by atoms with Crippen LogP contribution in [0.25, 0.3) is 22.2 Å². The van der Waals surface area contributed by atoms with Crippen LogP contribution >= 0.6 is 11.6 Å². The van der Waals surface area contributed by atoms with Crippen LogP contribution in [-0.2, 0) is 13.6 Å². The number of benzene rings is 1. The number of carboxylic acids is 1. The van der Waals surface area contributed by atoms with Gasteiger partial charge in [0.25, 0.3) is 0 Å². The number of aryl methyl sites for hydroxylation is 3. The first-order valence-electron chi connectivity index (χ1n) is 8.04. The van der Waals surface area contributed by atoms with Gasteiger partial charge in [0.2, 0.25) is 0 Å². The van der Waals surface area contributed by atoms with Crippen LogP contribution in [0, 0.1) is 13.8 Å². The van der Waals surface area contributed by atoms with E-state index < -0.39 is 5.97 Å². The van der Waals surface area contributed by atoms with Gasteiger partial charge in [-0.15, -0.1) is 0 Å². The van der Waals surface area contributed by atoms with Crippen molar-refractivity contribution in [3.05, 3.63) is 52.2 Å². The van der Waals surface area contributed by atoms with E-state index >= 15 is 0 Å². The number of carboxylic acid groups (broad SMARTS) is 1. The van der Waals surface area contributed by atoms with Gasteiger partial charge in [0.05, 0.1) is 17.1 Å². The van der Waals surface area contributed by atoms with E-state index in [-0.39, 0.29) is 5.69 Å². The summed E-state index contributed by atoms with van der Waals surface area (Å²) in [6.45, 7) is 4.23. The summed E-state index contributed by atoms with van der Waals surface area (Å²) in [6, 6.07) is 7.07. The molecule has 1 N–H and O–H groups in total. The lowest BCUT2D eigenvalue weighted by Crippen LogP contribution is -2.06. The summed E-state index contributed by atoms with van der Waals surface area (Å²) in [5.74, 6) is 0.556. The monoisotopic (exact) mass is 369 g/mol. The highest BCUT2D eigenvalue weighted by Crippen LogP contribution is 2.29. The number of rotatable bonds is 3. The first-order chi connectivity index (χ1) is 12.4.